The van der Waals surface area contributed by atoms with Crippen molar-refractivity contribution in [3.05, 3.63) is 84.1 Å². The lowest BCUT2D eigenvalue weighted by atomic mass is 9.97. The largest absolute Gasteiger partial charge is 0.338 e. The summed E-state index contributed by atoms with van der Waals surface area (Å²) in [7, 11) is 0. The normalized spacial score (nSPS) is 15.5. The van der Waals surface area contributed by atoms with E-state index in [9.17, 15) is 18.4 Å². The minimum Gasteiger partial charge on any atom is -0.338 e. The molecule has 4 rings (SSSR count). The van der Waals surface area contributed by atoms with E-state index in [1.54, 1.807) is 47.5 Å². The van der Waals surface area contributed by atoms with Crippen LogP contribution in [0.25, 0.3) is 0 Å². The molecule has 0 radical (unpaired) electrons. The summed E-state index contributed by atoms with van der Waals surface area (Å²) in [5, 5.41) is 8.31. The van der Waals surface area contributed by atoms with Gasteiger partial charge in [-0.05, 0) is 61.2 Å². The number of likely N-dealkylation sites (tertiary alicyclic amines) is 1. The van der Waals surface area contributed by atoms with Gasteiger partial charge in [-0.25, -0.2) is 18.6 Å². The van der Waals surface area contributed by atoms with Gasteiger partial charge in [-0.1, -0.05) is 18.2 Å². The molecule has 0 aliphatic carbocycles. The fourth-order valence-electron chi connectivity index (χ4n) is 3.93. The molecule has 0 spiro atoms. The van der Waals surface area contributed by atoms with Crippen molar-refractivity contribution in [1.82, 2.24) is 15.2 Å². The molecular weight excluding hydrogens is 440 g/mol. The van der Waals surface area contributed by atoms with E-state index in [1.807, 2.05) is 0 Å². The zero-order valence-electron chi connectivity index (χ0n) is 18.4. The van der Waals surface area contributed by atoms with E-state index < -0.39 is 17.7 Å². The smallest absolute Gasteiger partial charge is 0.319 e. The first-order valence-corrected chi connectivity index (χ1v) is 11.1. The van der Waals surface area contributed by atoms with Gasteiger partial charge in [-0.15, -0.1) is 0 Å². The Morgan fingerprint density at radius 3 is 2.74 bits per heavy atom. The number of urea groups is 1. The zero-order valence-corrected chi connectivity index (χ0v) is 18.4. The highest BCUT2D eigenvalue weighted by molar-refractivity contribution is 5.99. The second-order valence-electron chi connectivity index (χ2n) is 8.11. The topological polar surface area (TPSA) is 86.4 Å². The number of pyridine rings is 1. The Morgan fingerprint density at radius 2 is 1.91 bits per heavy atom. The van der Waals surface area contributed by atoms with Crippen molar-refractivity contribution in [3.63, 3.8) is 0 Å². The van der Waals surface area contributed by atoms with Crippen LogP contribution in [-0.4, -0.2) is 41.5 Å². The lowest BCUT2D eigenvalue weighted by molar-refractivity contribution is 0.0676. The maximum atomic E-state index is 14.1. The van der Waals surface area contributed by atoms with E-state index in [0.29, 0.717) is 30.9 Å². The molecule has 9 heteroatoms. The van der Waals surface area contributed by atoms with Crippen LogP contribution in [0.3, 0.4) is 0 Å². The molecule has 1 fully saturated rings. The van der Waals surface area contributed by atoms with E-state index in [-0.39, 0.29) is 23.3 Å². The average Bonchev–Trinajstić information content (AvgIpc) is 2.84. The molecule has 1 atom stereocenters. The van der Waals surface area contributed by atoms with Gasteiger partial charge in [0.05, 0.1) is 11.3 Å². The van der Waals surface area contributed by atoms with Crippen LogP contribution < -0.4 is 16.0 Å². The molecule has 0 bridgehead atoms. The zero-order chi connectivity index (χ0) is 23.9. The lowest BCUT2D eigenvalue weighted by Gasteiger charge is -2.33. The van der Waals surface area contributed by atoms with Crippen LogP contribution in [0.5, 0.6) is 0 Å². The van der Waals surface area contributed by atoms with Gasteiger partial charge in [-0.2, -0.15) is 0 Å². The number of nitrogens with zero attached hydrogens (tertiary/aromatic N) is 2. The number of aromatic nitrogens is 1. The maximum absolute atomic E-state index is 14.1. The minimum absolute atomic E-state index is 0.0654. The standard InChI is InChI=1S/C25H25F2N5O2/c26-18-7-3-8-19(14-18)30-25(34)29-15-17-6-5-13-32(16-17)24(33)20-9-4-12-28-23(20)31-22-11-2-1-10-21(22)27/h1-4,7-12,14,17H,5-6,13,15-16H2,(H,28,31)(H2,29,30,34). The Labute approximate surface area is 196 Å². The molecule has 3 N–H and O–H groups in total. The SMILES string of the molecule is O=C(NCC1CCCN(C(=O)c2cccnc2Nc2ccccc2F)C1)Nc1cccc(F)c1. The van der Waals surface area contributed by atoms with Crippen molar-refractivity contribution in [2.75, 3.05) is 30.3 Å². The van der Waals surface area contributed by atoms with E-state index in [0.717, 1.165) is 12.8 Å². The fourth-order valence-corrected chi connectivity index (χ4v) is 3.93. The molecule has 2 aromatic carbocycles. The summed E-state index contributed by atoms with van der Waals surface area (Å²) in [6.07, 6.45) is 3.19. The van der Waals surface area contributed by atoms with Gasteiger partial charge in [-0.3, -0.25) is 4.79 Å². The van der Waals surface area contributed by atoms with Crippen LogP contribution in [0.4, 0.5) is 30.8 Å². The molecular formula is C25H25F2N5O2. The summed E-state index contributed by atoms with van der Waals surface area (Å²) in [6.45, 7) is 1.42. The second-order valence-corrected chi connectivity index (χ2v) is 8.11. The third-order valence-corrected chi connectivity index (χ3v) is 5.61. The molecule has 2 heterocycles. The molecule has 1 unspecified atom stereocenters. The molecule has 176 valence electrons. The molecule has 3 amide bonds. The molecule has 0 saturated carbocycles. The third-order valence-electron chi connectivity index (χ3n) is 5.61. The molecule has 34 heavy (non-hydrogen) atoms. The van der Waals surface area contributed by atoms with Crippen molar-refractivity contribution in [1.29, 1.82) is 0 Å². The van der Waals surface area contributed by atoms with Crippen LogP contribution in [0.15, 0.2) is 66.9 Å². The van der Waals surface area contributed by atoms with Crippen molar-refractivity contribution >= 4 is 29.1 Å². The van der Waals surface area contributed by atoms with Gasteiger partial charge < -0.3 is 20.9 Å². The summed E-state index contributed by atoms with van der Waals surface area (Å²) in [4.78, 5) is 31.4. The van der Waals surface area contributed by atoms with Crippen LogP contribution in [0.1, 0.15) is 23.2 Å². The number of hydrogen-bond acceptors (Lipinski definition) is 4. The predicted molar refractivity (Wildman–Crippen MR) is 126 cm³/mol. The monoisotopic (exact) mass is 465 g/mol. The van der Waals surface area contributed by atoms with Gasteiger partial charge in [0.25, 0.3) is 5.91 Å². The number of amides is 3. The van der Waals surface area contributed by atoms with Gasteiger partial charge in [0.2, 0.25) is 0 Å². The number of carbonyl (C=O) groups is 2. The van der Waals surface area contributed by atoms with Crippen molar-refractivity contribution in [2.45, 2.75) is 12.8 Å². The number of halogens is 2. The number of nitrogens with one attached hydrogen (secondary N) is 3. The Morgan fingerprint density at radius 1 is 1.06 bits per heavy atom. The molecule has 1 aliphatic heterocycles. The second kappa shape index (κ2) is 10.7. The predicted octanol–water partition coefficient (Wildman–Crippen LogP) is 4.78. The van der Waals surface area contributed by atoms with Crippen LogP contribution in [-0.2, 0) is 0 Å². The van der Waals surface area contributed by atoms with Crippen LogP contribution >= 0.6 is 0 Å². The Bertz CT molecular complexity index is 1170. The van der Waals surface area contributed by atoms with Crippen LogP contribution in [0, 0.1) is 17.6 Å². The van der Waals surface area contributed by atoms with Gasteiger partial charge in [0.15, 0.2) is 0 Å². The number of benzene rings is 2. The summed E-state index contributed by atoms with van der Waals surface area (Å²) in [5.74, 6) is -0.727. The molecule has 7 nitrogen and oxygen atoms in total. The first-order chi connectivity index (χ1) is 16.5. The van der Waals surface area contributed by atoms with Crippen molar-refractivity contribution < 1.29 is 18.4 Å². The van der Waals surface area contributed by atoms with Gasteiger partial charge in [0.1, 0.15) is 17.5 Å². The van der Waals surface area contributed by atoms with E-state index in [1.165, 1.54) is 24.3 Å². The van der Waals surface area contributed by atoms with E-state index in [2.05, 4.69) is 20.9 Å². The average molecular weight is 466 g/mol. The summed E-state index contributed by atoms with van der Waals surface area (Å²) in [5.41, 5.74) is 0.952. The quantitative estimate of drug-likeness (QED) is 0.489. The summed E-state index contributed by atoms with van der Waals surface area (Å²) >= 11 is 0. The first-order valence-electron chi connectivity index (χ1n) is 11.1. The number of hydrogen-bond donors (Lipinski definition) is 3. The van der Waals surface area contributed by atoms with Crippen molar-refractivity contribution in [3.8, 4) is 0 Å². The highest BCUT2D eigenvalue weighted by atomic mass is 19.1. The maximum Gasteiger partial charge on any atom is 0.319 e. The number of para-hydroxylation sites is 1. The lowest BCUT2D eigenvalue weighted by Crippen LogP contribution is -2.44. The number of rotatable bonds is 6. The Hall–Kier alpha value is -4.01. The van der Waals surface area contributed by atoms with E-state index >= 15 is 0 Å². The van der Waals surface area contributed by atoms with E-state index in [4.69, 9.17) is 0 Å². The molecule has 1 aromatic heterocycles. The first kappa shape index (κ1) is 23.2. The van der Waals surface area contributed by atoms with Crippen LogP contribution in [0.2, 0.25) is 0 Å². The number of anilines is 3. The minimum atomic E-state index is -0.438. The fraction of sp³-hybridized carbons (Fsp3) is 0.240. The highest BCUT2D eigenvalue weighted by Crippen LogP contribution is 2.24. The summed E-state index contributed by atoms with van der Waals surface area (Å²) in [6, 6.07) is 14.7. The number of piperidine rings is 1. The third kappa shape index (κ3) is 5.86. The number of carbonyl (C=O) groups excluding carboxylic acids is 2. The van der Waals surface area contributed by atoms with Gasteiger partial charge >= 0.3 is 6.03 Å². The molecule has 1 aliphatic rings. The Balaban J connectivity index is 1.36. The molecule has 3 aromatic rings. The Kier molecular flexibility index (Phi) is 7.31. The van der Waals surface area contributed by atoms with Crippen molar-refractivity contribution in [2.24, 2.45) is 5.92 Å². The highest BCUT2D eigenvalue weighted by Gasteiger charge is 2.26. The summed E-state index contributed by atoms with van der Waals surface area (Å²) < 4.78 is 27.4. The molecule has 1 saturated heterocycles. The van der Waals surface area contributed by atoms with Gasteiger partial charge in [0, 0.05) is 31.5 Å².